The van der Waals surface area contributed by atoms with E-state index in [0.717, 1.165) is 0 Å². The van der Waals surface area contributed by atoms with Crippen molar-refractivity contribution in [1.29, 1.82) is 0 Å². The Morgan fingerprint density at radius 1 is 1.05 bits per heavy atom. The van der Waals surface area contributed by atoms with Crippen LogP contribution in [0.15, 0.2) is 17.0 Å². The number of esters is 1. The van der Waals surface area contributed by atoms with Gasteiger partial charge in [-0.05, 0) is 46.4 Å². The van der Waals surface area contributed by atoms with Crippen molar-refractivity contribution in [2.75, 3.05) is 13.7 Å². The highest BCUT2D eigenvalue weighted by Gasteiger charge is 2.18. The van der Waals surface area contributed by atoms with Gasteiger partial charge in [0.25, 0.3) is 0 Å². The normalized spacial score (nSPS) is 11.5. The molecule has 0 aliphatic rings. The minimum atomic E-state index is -0.247. The number of nitrogens with one attached hydrogen (secondary N) is 1. The Hall–Kier alpha value is -1.00. The van der Waals surface area contributed by atoms with E-state index < -0.39 is 0 Å². The van der Waals surface area contributed by atoms with Crippen molar-refractivity contribution in [2.24, 2.45) is 0 Å². The first kappa shape index (κ1) is 19.0. The predicted molar refractivity (Wildman–Crippen MR) is 94.6 cm³/mol. The third-order valence-corrected chi connectivity index (χ3v) is 4.66. The fraction of sp³-hybridized carbons (Fsp3) is 0.611. The molecular formula is C18H29NO2S. The molecule has 3 nitrogen and oxygen atoms in total. The highest BCUT2D eigenvalue weighted by atomic mass is 32.2. The summed E-state index contributed by atoms with van der Waals surface area (Å²) >= 11 is 1.54. The van der Waals surface area contributed by atoms with E-state index in [9.17, 15) is 4.79 Å². The van der Waals surface area contributed by atoms with E-state index in [1.165, 1.54) is 28.7 Å². The van der Waals surface area contributed by atoms with Crippen LogP contribution in [0.25, 0.3) is 0 Å². The fourth-order valence-corrected chi connectivity index (χ4v) is 3.41. The van der Waals surface area contributed by atoms with Gasteiger partial charge in [-0.15, -0.1) is 0 Å². The molecule has 0 bridgehead atoms. The van der Waals surface area contributed by atoms with Gasteiger partial charge in [-0.3, -0.25) is 4.79 Å². The number of hydrogen-bond donors (Lipinski definition) is 1. The van der Waals surface area contributed by atoms with Crippen LogP contribution in [0.5, 0.6) is 0 Å². The van der Waals surface area contributed by atoms with E-state index in [2.05, 4.69) is 63.1 Å². The summed E-state index contributed by atoms with van der Waals surface area (Å²) in [5.41, 5.74) is 4.07. The fourth-order valence-electron chi connectivity index (χ4n) is 2.25. The summed E-state index contributed by atoms with van der Waals surface area (Å²) in [6, 6.07) is 4.62. The lowest BCUT2D eigenvalue weighted by Crippen LogP contribution is -2.18. The first-order valence-corrected chi connectivity index (χ1v) is 8.73. The van der Waals surface area contributed by atoms with E-state index >= 15 is 0 Å². The Morgan fingerprint density at radius 2 is 1.55 bits per heavy atom. The van der Waals surface area contributed by atoms with Gasteiger partial charge >= 0.3 is 5.97 Å². The zero-order valence-corrected chi connectivity index (χ0v) is 15.6. The second-order valence-electron chi connectivity index (χ2n) is 6.49. The van der Waals surface area contributed by atoms with Crippen LogP contribution in [0, 0.1) is 0 Å². The predicted octanol–water partition coefficient (Wildman–Crippen LogP) is 4.83. The Bertz CT molecular complexity index is 481. The van der Waals surface area contributed by atoms with E-state index in [-0.39, 0.29) is 12.5 Å². The van der Waals surface area contributed by atoms with E-state index in [1.807, 2.05) is 0 Å². The number of ether oxygens (including phenoxy) is 1. The second kappa shape index (κ2) is 8.59. The summed E-state index contributed by atoms with van der Waals surface area (Å²) in [6.45, 7) is 13.5. The average Bonchev–Trinajstić information content (AvgIpc) is 2.45. The second-order valence-corrected chi connectivity index (χ2v) is 7.39. The molecule has 0 saturated carbocycles. The summed E-state index contributed by atoms with van der Waals surface area (Å²) in [4.78, 5) is 12.5. The van der Waals surface area contributed by atoms with Gasteiger partial charge in [0.2, 0.25) is 0 Å². The SMILES string of the molecule is COC(=O)CNSc1c(C(C)C)cc(C(C)C)cc1C(C)C. The van der Waals surface area contributed by atoms with Crippen molar-refractivity contribution in [3.63, 3.8) is 0 Å². The van der Waals surface area contributed by atoms with Crippen molar-refractivity contribution in [3.8, 4) is 0 Å². The van der Waals surface area contributed by atoms with Crippen molar-refractivity contribution >= 4 is 17.9 Å². The maximum absolute atomic E-state index is 11.3. The molecule has 1 aromatic rings. The smallest absolute Gasteiger partial charge is 0.320 e. The van der Waals surface area contributed by atoms with Gasteiger partial charge in [-0.25, -0.2) is 4.72 Å². The zero-order valence-electron chi connectivity index (χ0n) is 14.8. The van der Waals surface area contributed by atoms with Crippen LogP contribution in [0.2, 0.25) is 0 Å². The van der Waals surface area contributed by atoms with Crippen LogP contribution in [0.1, 0.15) is 76.0 Å². The van der Waals surface area contributed by atoms with Crippen LogP contribution < -0.4 is 4.72 Å². The van der Waals surface area contributed by atoms with Crippen LogP contribution in [0.4, 0.5) is 0 Å². The minimum Gasteiger partial charge on any atom is -0.468 e. The summed E-state index contributed by atoms with van der Waals surface area (Å²) in [5.74, 6) is 1.15. The highest BCUT2D eigenvalue weighted by Crippen LogP contribution is 2.37. The molecule has 0 spiro atoms. The lowest BCUT2D eigenvalue weighted by molar-refractivity contribution is -0.139. The zero-order chi connectivity index (χ0) is 16.9. The highest BCUT2D eigenvalue weighted by molar-refractivity contribution is 7.97. The molecule has 0 atom stereocenters. The molecule has 0 aliphatic carbocycles. The molecule has 0 radical (unpaired) electrons. The molecule has 1 aromatic carbocycles. The first-order chi connectivity index (χ1) is 10.3. The first-order valence-electron chi connectivity index (χ1n) is 7.92. The summed E-state index contributed by atoms with van der Waals surface area (Å²) in [6.07, 6.45) is 0. The molecule has 0 fully saturated rings. The standard InChI is InChI=1S/C18H29NO2S/c1-11(2)14-8-15(12(3)4)18(16(9-14)13(5)6)22-19-10-17(20)21-7/h8-9,11-13,19H,10H2,1-7H3. The van der Waals surface area contributed by atoms with Gasteiger partial charge in [0.15, 0.2) is 0 Å². The van der Waals surface area contributed by atoms with E-state index in [4.69, 9.17) is 0 Å². The van der Waals surface area contributed by atoms with Crippen LogP contribution in [0.3, 0.4) is 0 Å². The van der Waals surface area contributed by atoms with Gasteiger partial charge < -0.3 is 4.74 Å². The number of hydrogen-bond acceptors (Lipinski definition) is 4. The number of carbonyl (C=O) groups excluding carboxylic acids is 1. The summed E-state index contributed by atoms with van der Waals surface area (Å²) in [7, 11) is 1.41. The van der Waals surface area contributed by atoms with E-state index in [1.54, 1.807) is 11.9 Å². The van der Waals surface area contributed by atoms with Crippen molar-refractivity contribution in [3.05, 3.63) is 28.8 Å². The van der Waals surface area contributed by atoms with Crippen molar-refractivity contribution in [1.82, 2.24) is 4.72 Å². The molecule has 1 rings (SSSR count). The molecule has 0 heterocycles. The maximum Gasteiger partial charge on any atom is 0.320 e. The molecular weight excluding hydrogens is 294 g/mol. The average molecular weight is 324 g/mol. The number of carbonyl (C=O) groups is 1. The molecule has 0 amide bonds. The van der Waals surface area contributed by atoms with Gasteiger partial charge in [-0.2, -0.15) is 0 Å². The molecule has 124 valence electrons. The Kier molecular flexibility index (Phi) is 7.43. The number of rotatable bonds is 7. The third kappa shape index (κ3) is 5.03. The maximum atomic E-state index is 11.3. The van der Waals surface area contributed by atoms with Gasteiger partial charge in [-0.1, -0.05) is 53.7 Å². The lowest BCUT2D eigenvalue weighted by Gasteiger charge is -2.22. The van der Waals surface area contributed by atoms with Crippen LogP contribution in [-0.4, -0.2) is 19.6 Å². The minimum absolute atomic E-state index is 0.210. The topological polar surface area (TPSA) is 38.3 Å². The van der Waals surface area contributed by atoms with Gasteiger partial charge in [0.1, 0.15) is 6.54 Å². The summed E-state index contributed by atoms with van der Waals surface area (Å²) < 4.78 is 7.81. The summed E-state index contributed by atoms with van der Waals surface area (Å²) in [5, 5.41) is 0. The third-order valence-electron chi connectivity index (χ3n) is 3.70. The Morgan fingerprint density at radius 3 is 1.91 bits per heavy atom. The monoisotopic (exact) mass is 323 g/mol. The Labute approximate surface area is 139 Å². The molecule has 22 heavy (non-hydrogen) atoms. The quantitative estimate of drug-likeness (QED) is 0.576. The molecule has 4 heteroatoms. The largest absolute Gasteiger partial charge is 0.468 e. The molecule has 0 aliphatic heterocycles. The van der Waals surface area contributed by atoms with Crippen LogP contribution in [-0.2, 0) is 9.53 Å². The molecule has 1 N–H and O–H groups in total. The van der Waals surface area contributed by atoms with E-state index in [0.29, 0.717) is 17.8 Å². The number of benzene rings is 1. The van der Waals surface area contributed by atoms with Crippen LogP contribution >= 0.6 is 11.9 Å². The lowest BCUT2D eigenvalue weighted by atomic mass is 9.89. The van der Waals surface area contributed by atoms with Crippen molar-refractivity contribution < 1.29 is 9.53 Å². The van der Waals surface area contributed by atoms with Gasteiger partial charge in [0, 0.05) is 4.90 Å². The molecule has 0 aromatic heterocycles. The van der Waals surface area contributed by atoms with Gasteiger partial charge in [0.05, 0.1) is 7.11 Å². The van der Waals surface area contributed by atoms with Crippen molar-refractivity contribution in [2.45, 2.75) is 64.2 Å². The molecule has 0 saturated heterocycles. The number of methoxy groups -OCH3 is 1. The molecule has 0 unspecified atom stereocenters. The Balaban J connectivity index is 3.18.